The van der Waals surface area contributed by atoms with E-state index in [9.17, 15) is 4.79 Å². The second-order valence-corrected chi connectivity index (χ2v) is 6.56. The Morgan fingerprint density at radius 3 is 3.18 bits per heavy atom. The summed E-state index contributed by atoms with van der Waals surface area (Å²) in [5, 5.41) is 6.39. The van der Waals surface area contributed by atoms with Crippen molar-refractivity contribution in [1.29, 1.82) is 0 Å². The van der Waals surface area contributed by atoms with Gasteiger partial charge in [-0.1, -0.05) is 23.7 Å². The van der Waals surface area contributed by atoms with Crippen LogP contribution in [0.2, 0.25) is 5.02 Å². The Balaban J connectivity index is 1.55. The average molecular weight is 337 g/mol. The van der Waals surface area contributed by atoms with Gasteiger partial charge in [-0.3, -0.25) is 4.79 Å². The van der Waals surface area contributed by atoms with Crippen LogP contribution in [-0.4, -0.2) is 30.1 Å². The number of thiazole rings is 1. The van der Waals surface area contributed by atoms with Gasteiger partial charge in [0.25, 0.3) is 0 Å². The fourth-order valence-electron chi connectivity index (χ4n) is 2.40. The van der Waals surface area contributed by atoms with Gasteiger partial charge in [0.15, 0.2) is 0 Å². The second-order valence-electron chi connectivity index (χ2n) is 5.27. The molecule has 1 atom stereocenters. The number of rotatable bonds is 5. The van der Waals surface area contributed by atoms with E-state index in [1.165, 1.54) is 11.3 Å². The van der Waals surface area contributed by atoms with Crippen LogP contribution in [0.1, 0.15) is 18.5 Å². The third-order valence-corrected chi connectivity index (χ3v) is 4.69. The molecule has 2 aromatic rings. The van der Waals surface area contributed by atoms with Gasteiger partial charge in [-0.2, -0.15) is 0 Å². The molecule has 1 aromatic heterocycles. The molecule has 2 heterocycles. The van der Waals surface area contributed by atoms with E-state index in [1.54, 1.807) is 0 Å². The first kappa shape index (κ1) is 15.5. The molecule has 0 radical (unpaired) electrons. The molecule has 1 saturated heterocycles. The van der Waals surface area contributed by atoms with E-state index in [0.29, 0.717) is 18.0 Å². The minimum atomic E-state index is -0.0153. The minimum absolute atomic E-state index is 0.0153. The SMILES string of the molecule is O=C(Cc1csc(-c2cccc(Cl)c2)n1)NC[C@@H]1CCCO1. The summed E-state index contributed by atoms with van der Waals surface area (Å²) in [6.07, 6.45) is 2.57. The lowest BCUT2D eigenvalue weighted by molar-refractivity contribution is -0.121. The van der Waals surface area contributed by atoms with E-state index >= 15 is 0 Å². The molecule has 0 saturated carbocycles. The number of ether oxygens (including phenoxy) is 1. The summed E-state index contributed by atoms with van der Waals surface area (Å²) < 4.78 is 5.49. The van der Waals surface area contributed by atoms with E-state index in [4.69, 9.17) is 16.3 Å². The molecule has 1 aliphatic heterocycles. The maximum atomic E-state index is 11.9. The van der Waals surface area contributed by atoms with Crippen molar-refractivity contribution in [2.24, 2.45) is 0 Å². The first-order chi connectivity index (χ1) is 10.7. The predicted molar refractivity (Wildman–Crippen MR) is 88.2 cm³/mol. The number of nitrogens with zero attached hydrogens (tertiary/aromatic N) is 1. The first-order valence-corrected chi connectivity index (χ1v) is 8.55. The number of halogens is 1. The Kier molecular flexibility index (Phi) is 5.08. The van der Waals surface area contributed by atoms with E-state index in [1.807, 2.05) is 29.6 Å². The van der Waals surface area contributed by atoms with Gasteiger partial charge < -0.3 is 10.1 Å². The van der Waals surface area contributed by atoms with Gasteiger partial charge >= 0.3 is 0 Å². The smallest absolute Gasteiger partial charge is 0.226 e. The summed E-state index contributed by atoms with van der Waals surface area (Å²) in [4.78, 5) is 16.5. The van der Waals surface area contributed by atoms with Crippen molar-refractivity contribution in [3.63, 3.8) is 0 Å². The molecule has 22 heavy (non-hydrogen) atoms. The van der Waals surface area contributed by atoms with Crippen molar-refractivity contribution >= 4 is 28.8 Å². The molecular formula is C16H17ClN2O2S. The van der Waals surface area contributed by atoms with Crippen molar-refractivity contribution in [2.45, 2.75) is 25.4 Å². The molecule has 0 unspecified atom stereocenters. The predicted octanol–water partition coefficient (Wildman–Crippen LogP) is 3.30. The fourth-order valence-corrected chi connectivity index (χ4v) is 3.41. The number of hydrogen-bond donors (Lipinski definition) is 1. The van der Waals surface area contributed by atoms with Crippen LogP contribution in [-0.2, 0) is 16.0 Å². The highest BCUT2D eigenvalue weighted by Gasteiger charge is 2.16. The highest BCUT2D eigenvalue weighted by molar-refractivity contribution is 7.13. The van der Waals surface area contributed by atoms with E-state index in [0.717, 1.165) is 35.7 Å². The zero-order valence-electron chi connectivity index (χ0n) is 12.0. The monoisotopic (exact) mass is 336 g/mol. The van der Waals surface area contributed by atoms with Crippen molar-refractivity contribution in [2.75, 3.05) is 13.2 Å². The normalized spacial score (nSPS) is 17.6. The summed E-state index contributed by atoms with van der Waals surface area (Å²) >= 11 is 7.51. The molecule has 1 N–H and O–H groups in total. The van der Waals surface area contributed by atoms with Gasteiger partial charge in [0.05, 0.1) is 18.2 Å². The Labute approximate surface area is 138 Å². The highest BCUT2D eigenvalue weighted by atomic mass is 35.5. The molecule has 0 spiro atoms. The van der Waals surface area contributed by atoms with E-state index < -0.39 is 0 Å². The summed E-state index contributed by atoms with van der Waals surface area (Å²) in [6, 6.07) is 7.57. The van der Waals surface area contributed by atoms with Crippen molar-refractivity contribution < 1.29 is 9.53 Å². The number of benzene rings is 1. The van der Waals surface area contributed by atoms with Crippen LogP contribution in [0.3, 0.4) is 0 Å². The first-order valence-electron chi connectivity index (χ1n) is 7.29. The van der Waals surface area contributed by atoms with Gasteiger partial charge in [0.1, 0.15) is 5.01 Å². The third kappa shape index (κ3) is 4.06. The lowest BCUT2D eigenvalue weighted by atomic mass is 10.2. The van der Waals surface area contributed by atoms with Crippen LogP contribution in [0.15, 0.2) is 29.6 Å². The van der Waals surface area contributed by atoms with E-state index in [-0.39, 0.29) is 12.0 Å². The maximum absolute atomic E-state index is 11.9. The average Bonchev–Trinajstić information content (AvgIpc) is 3.16. The van der Waals surface area contributed by atoms with E-state index in [2.05, 4.69) is 10.3 Å². The van der Waals surface area contributed by atoms with Crippen LogP contribution in [0.4, 0.5) is 0 Å². The summed E-state index contributed by atoms with van der Waals surface area (Å²) in [7, 11) is 0. The van der Waals surface area contributed by atoms with Gasteiger partial charge in [-0.25, -0.2) is 4.98 Å². The van der Waals surface area contributed by atoms with Crippen LogP contribution in [0.5, 0.6) is 0 Å². The Hall–Kier alpha value is -1.43. The third-order valence-electron chi connectivity index (χ3n) is 3.52. The Morgan fingerprint density at radius 2 is 2.41 bits per heavy atom. The van der Waals surface area contributed by atoms with Crippen LogP contribution in [0.25, 0.3) is 10.6 Å². The number of aromatic nitrogens is 1. The molecule has 4 nitrogen and oxygen atoms in total. The molecule has 1 aromatic carbocycles. The number of amides is 1. The number of carbonyl (C=O) groups is 1. The minimum Gasteiger partial charge on any atom is -0.376 e. The molecule has 116 valence electrons. The number of carbonyl (C=O) groups excluding carboxylic acids is 1. The molecule has 1 aliphatic rings. The zero-order valence-corrected chi connectivity index (χ0v) is 13.6. The molecular weight excluding hydrogens is 320 g/mol. The number of nitrogens with one attached hydrogen (secondary N) is 1. The lowest BCUT2D eigenvalue weighted by Crippen LogP contribution is -2.32. The Morgan fingerprint density at radius 1 is 1.50 bits per heavy atom. The molecule has 0 bridgehead atoms. The van der Waals surface area contributed by atoms with Gasteiger partial charge in [-0.05, 0) is 25.0 Å². The molecule has 6 heteroatoms. The fraction of sp³-hybridized carbons (Fsp3) is 0.375. The zero-order chi connectivity index (χ0) is 15.4. The van der Waals surface area contributed by atoms with Crippen molar-refractivity contribution in [3.05, 3.63) is 40.4 Å². The molecule has 0 aliphatic carbocycles. The van der Waals surface area contributed by atoms with Crippen LogP contribution in [0, 0.1) is 0 Å². The molecule has 1 amide bonds. The quantitative estimate of drug-likeness (QED) is 0.911. The highest BCUT2D eigenvalue weighted by Crippen LogP contribution is 2.26. The lowest BCUT2D eigenvalue weighted by Gasteiger charge is -2.09. The van der Waals surface area contributed by atoms with Crippen LogP contribution >= 0.6 is 22.9 Å². The van der Waals surface area contributed by atoms with Crippen molar-refractivity contribution in [1.82, 2.24) is 10.3 Å². The number of hydrogen-bond acceptors (Lipinski definition) is 4. The van der Waals surface area contributed by atoms with Crippen molar-refractivity contribution in [3.8, 4) is 10.6 Å². The Bertz CT molecular complexity index is 653. The molecule has 3 rings (SSSR count). The summed E-state index contributed by atoms with van der Waals surface area (Å²) in [5.74, 6) is -0.0153. The second kappa shape index (κ2) is 7.22. The molecule has 1 fully saturated rings. The van der Waals surface area contributed by atoms with Crippen LogP contribution < -0.4 is 5.32 Å². The maximum Gasteiger partial charge on any atom is 0.226 e. The largest absolute Gasteiger partial charge is 0.376 e. The summed E-state index contributed by atoms with van der Waals surface area (Å²) in [6.45, 7) is 1.39. The summed E-state index contributed by atoms with van der Waals surface area (Å²) in [5.41, 5.74) is 1.76. The standard InChI is InChI=1S/C16H17ClN2O2S/c17-12-4-1-3-11(7-12)16-19-13(10-22-16)8-15(20)18-9-14-5-2-6-21-14/h1,3-4,7,10,14H,2,5-6,8-9H2,(H,18,20)/t14-/m0/s1. The van der Waals surface area contributed by atoms with Gasteiger partial charge in [0.2, 0.25) is 5.91 Å². The van der Waals surface area contributed by atoms with Gasteiger partial charge in [0, 0.05) is 29.1 Å². The topological polar surface area (TPSA) is 51.2 Å². The van der Waals surface area contributed by atoms with Gasteiger partial charge in [-0.15, -0.1) is 11.3 Å².